The van der Waals surface area contributed by atoms with Gasteiger partial charge in [0.2, 0.25) is 10.0 Å². The minimum absolute atomic E-state index is 0.100. The van der Waals surface area contributed by atoms with Gasteiger partial charge in [-0.1, -0.05) is 5.16 Å². The minimum atomic E-state index is -3.72. The molecule has 0 unspecified atom stereocenters. The zero-order valence-corrected chi connectivity index (χ0v) is 15.3. The summed E-state index contributed by atoms with van der Waals surface area (Å²) in [6.07, 6.45) is 0. The van der Waals surface area contributed by atoms with Crippen LogP contribution in [-0.4, -0.2) is 13.6 Å². The summed E-state index contributed by atoms with van der Waals surface area (Å²) >= 11 is 6.44. The van der Waals surface area contributed by atoms with Crippen molar-refractivity contribution in [2.45, 2.75) is 25.3 Å². The predicted molar refractivity (Wildman–Crippen MR) is 86.3 cm³/mol. The summed E-state index contributed by atoms with van der Waals surface area (Å²) in [6.45, 7) is 3.60. The van der Waals surface area contributed by atoms with Crippen molar-refractivity contribution in [2.75, 3.05) is 5.73 Å². The van der Waals surface area contributed by atoms with Gasteiger partial charge in [-0.25, -0.2) is 13.1 Å². The lowest BCUT2D eigenvalue weighted by molar-refractivity contribution is 0.392. The highest BCUT2D eigenvalue weighted by molar-refractivity contribution is 9.11. The van der Waals surface area contributed by atoms with Crippen LogP contribution in [0.2, 0.25) is 0 Å². The molecule has 0 saturated heterocycles. The molecular weight excluding hydrogens is 426 g/mol. The van der Waals surface area contributed by atoms with E-state index in [1.54, 1.807) is 13.8 Å². The standard InChI is InChI=1S/C12H13Br2N3O3S/c1-6-9(7(2)20-17-6)5-16-21(18,19)12-10(13)3-8(15)4-11(12)14/h3-4,16H,5,15H2,1-2H3. The lowest BCUT2D eigenvalue weighted by Gasteiger charge is -2.11. The van der Waals surface area contributed by atoms with E-state index in [0.717, 1.165) is 5.56 Å². The van der Waals surface area contributed by atoms with E-state index in [1.165, 1.54) is 12.1 Å². The molecule has 0 spiro atoms. The Hall–Kier alpha value is -0.900. The molecule has 0 amide bonds. The van der Waals surface area contributed by atoms with E-state index >= 15 is 0 Å². The van der Waals surface area contributed by atoms with E-state index in [4.69, 9.17) is 10.3 Å². The van der Waals surface area contributed by atoms with Crippen LogP contribution in [0.4, 0.5) is 5.69 Å². The molecule has 114 valence electrons. The number of hydrogen-bond donors (Lipinski definition) is 2. The monoisotopic (exact) mass is 437 g/mol. The number of nitrogens with one attached hydrogen (secondary N) is 1. The second-order valence-corrected chi connectivity index (χ2v) is 7.85. The molecule has 0 radical (unpaired) electrons. The SMILES string of the molecule is Cc1noc(C)c1CNS(=O)(=O)c1c(Br)cc(N)cc1Br. The van der Waals surface area contributed by atoms with E-state index in [0.29, 0.717) is 26.1 Å². The van der Waals surface area contributed by atoms with Crippen LogP contribution in [-0.2, 0) is 16.6 Å². The second-order valence-electron chi connectivity index (χ2n) is 4.44. The highest BCUT2D eigenvalue weighted by Gasteiger charge is 2.22. The zero-order valence-electron chi connectivity index (χ0n) is 11.3. The van der Waals surface area contributed by atoms with E-state index < -0.39 is 10.0 Å². The second kappa shape index (κ2) is 6.07. The topological polar surface area (TPSA) is 98.2 Å². The lowest BCUT2D eigenvalue weighted by Crippen LogP contribution is -2.24. The number of hydrogen-bond acceptors (Lipinski definition) is 5. The molecule has 2 rings (SSSR count). The fraction of sp³-hybridized carbons (Fsp3) is 0.250. The van der Waals surface area contributed by atoms with Gasteiger partial charge in [0.25, 0.3) is 0 Å². The molecule has 1 aromatic carbocycles. The maximum absolute atomic E-state index is 12.4. The van der Waals surface area contributed by atoms with Crippen LogP contribution in [0, 0.1) is 13.8 Å². The molecule has 0 atom stereocenters. The van der Waals surface area contributed by atoms with Gasteiger partial charge in [-0.3, -0.25) is 0 Å². The number of nitrogen functional groups attached to an aromatic ring is 1. The van der Waals surface area contributed by atoms with Gasteiger partial charge in [-0.2, -0.15) is 0 Å². The zero-order chi connectivity index (χ0) is 15.8. The van der Waals surface area contributed by atoms with Crippen LogP contribution >= 0.6 is 31.9 Å². The molecule has 2 aromatic rings. The number of aromatic nitrogens is 1. The van der Waals surface area contributed by atoms with Crippen molar-refractivity contribution in [3.63, 3.8) is 0 Å². The minimum Gasteiger partial charge on any atom is -0.399 e. The largest absolute Gasteiger partial charge is 0.399 e. The van der Waals surface area contributed by atoms with E-state index in [-0.39, 0.29) is 11.4 Å². The Bertz CT molecular complexity index is 745. The molecule has 0 aliphatic heterocycles. The van der Waals surface area contributed by atoms with Gasteiger partial charge < -0.3 is 10.3 Å². The van der Waals surface area contributed by atoms with Crippen molar-refractivity contribution in [1.29, 1.82) is 0 Å². The first-order chi connectivity index (χ1) is 9.72. The Morgan fingerprint density at radius 3 is 2.33 bits per heavy atom. The average molecular weight is 439 g/mol. The summed E-state index contributed by atoms with van der Waals surface area (Å²) in [5.74, 6) is 0.589. The third kappa shape index (κ3) is 3.47. The molecule has 0 aliphatic carbocycles. The number of sulfonamides is 1. The van der Waals surface area contributed by atoms with Crippen LogP contribution in [0.1, 0.15) is 17.0 Å². The summed E-state index contributed by atoms with van der Waals surface area (Å²) in [7, 11) is -3.72. The normalized spacial score (nSPS) is 11.8. The molecule has 0 aliphatic rings. The molecule has 1 heterocycles. The lowest BCUT2D eigenvalue weighted by atomic mass is 10.2. The summed E-state index contributed by atoms with van der Waals surface area (Å²) in [4.78, 5) is 0.100. The van der Waals surface area contributed by atoms with Gasteiger partial charge in [0.15, 0.2) is 0 Å². The van der Waals surface area contributed by atoms with Gasteiger partial charge in [0.1, 0.15) is 10.7 Å². The van der Waals surface area contributed by atoms with E-state index in [2.05, 4.69) is 41.7 Å². The molecule has 21 heavy (non-hydrogen) atoms. The molecule has 1 aromatic heterocycles. The first-order valence-corrected chi connectivity index (χ1v) is 8.95. The molecule has 0 bridgehead atoms. The fourth-order valence-electron chi connectivity index (χ4n) is 1.83. The van der Waals surface area contributed by atoms with Gasteiger partial charge in [-0.15, -0.1) is 0 Å². The number of nitrogens with two attached hydrogens (primary N) is 1. The van der Waals surface area contributed by atoms with Gasteiger partial charge in [0.05, 0.1) is 5.69 Å². The highest BCUT2D eigenvalue weighted by Crippen LogP contribution is 2.32. The van der Waals surface area contributed by atoms with Crippen molar-refractivity contribution in [2.24, 2.45) is 0 Å². The van der Waals surface area contributed by atoms with Crippen molar-refractivity contribution < 1.29 is 12.9 Å². The van der Waals surface area contributed by atoms with Gasteiger partial charge in [-0.05, 0) is 57.8 Å². The third-order valence-electron chi connectivity index (χ3n) is 2.91. The first-order valence-electron chi connectivity index (χ1n) is 5.88. The van der Waals surface area contributed by atoms with E-state index in [9.17, 15) is 8.42 Å². The third-order valence-corrected chi connectivity index (χ3v) is 6.19. The number of nitrogens with zero attached hydrogens (tertiary/aromatic N) is 1. The van der Waals surface area contributed by atoms with Crippen LogP contribution < -0.4 is 10.5 Å². The number of halogens is 2. The van der Waals surface area contributed by atoms with Crippen LogP contribution in [0.5, 0.6) is 0 Å². The number of rotatable bonds is 4. The van der Waals surface area contributed by atoms with Crippen molar-refractivity contribution in [3.8, 4) is 0 Å². The summed E-state index contributed by atoms with van der Waals surface area (Å²) < 4.78 is 33.2. The highest BCUT2D eigenvalue weighted by atomic mass is 79.9. The smallest absolute Gasteiger partial charge is 0.243 e. The van der Waals surface area contributed by atoms with Crippen molar-refractivity contribution in [3.05, 3.63) is 38.1 Å². The maximum atomic E-state index is 12.4. The summed E-state index contributed by atoms with van der Waals surface area (Å²) in [5, 5.41) is 3.79. The Morgan fingerprint density at radius 1 is 1.29 bits per heavy atom. The fourth-order valence-corrected chi connectivity index (χ4v) is 5.44. The molecule has 0 saturated carbocycles. The van der Waals surface area contributed by atoms with Crippen molar-refractivity contribution in [1.82, 2.24) is 9.88 Å². The predicted octanol–water partition coefficient (Wildman–Crippen LogP) is 2.88. The number of aryl methyl sites for hydroxylation is 2. The van der Waals surface area contributed by atoms with Crippen LogP contribution in [0.25, 0.3) is 0 Å². The van der Waals surface area contributed by atoms with Gasteiger partial charge >= 0.3 is 0 Å². The summed E-state index contributed by atoms with van der Waals surface area (Å²) in [6, 6.07) is 3.07. The van der Waals surface area contributed by atoms with Gasteiger partial charge in [0, 0.05) is 26.7 Å². The Morgan fingerprint density at radius 2 is 1.86 bits per heavy atom. The molecule has 0 fully saturated rings. The molecule has 6 nitrogen and oxygen atoms in total. The molecular formula is C12H13Br2N3O3S. The Balaban J connectivity index is 2.32. The van der Waals surface area contributed by atoms with Crippen LogP contribution in [0.15, 0.2) is 30.5 Å². The number of benzene rings is 1. The quantitative estimate of drug-likeness (QED) is 0.715. The Kier molecular flexibility index (Phi) is 4.76. The molecule has 9 heteroatoms. The number of anilines is 1. The van der Waals surface area contributed by atoms with Crippen molar-refractivity contribution >= 4 is 47.6 Å². The first kappa shape index (κ1) is 16.5. The van der Waals surface area contributed by atoms with Crippen LogP contribution in [0.3, 0.4) is 0 Å². The maximum Gasteiger partial charge on any atom is 0.243 e. The van der Waals surface area contributed by atoms with E-state index in [1.807, 2.05) is 0 Å². The summed E-state index contributed by atoms with van der Waals surface area (Å²) in [5.41, 5.74) is 7.50. The average Bonchev–Trinajstić information content (AvgIpc) is 2.65. The Labute approximate surface area is 139 Å². The molecule has 3 N–H and O–H groups in total.